The Morgan fingerprint density at radius 1 is 1.35 bits per heavy atom. The number of carbonyl (C=O) groups excluding carboxylic acids is 1. The molecule has 1 aliphatic heterocycles. The Morgan fingerprint density at radius 3 is 2.47 bits per heavy atom. The van der Waals surface area contributed by atoms with Gasteiger partial charge >= 0.3 is 0 Å². The van der Waals surface area contributed by atoms with Crippen molar-refractivity contribution in [3.63, 3.8) is 0 Å². The van der Waals surface area contributed by atoms with Crippen LogP contribution in [0, 0.1) is 5.92 Å². The maximum Gasteiger partial charge on any atom is 0.235 e. The first-order valence-corrected chi connectivity index (χ1v) is 7.53. The molecule has 0 aromatic carbocycles. The van der Waals surface area contributed by atoms with E-state index in [2.05, 4.69) is 4.90 Å². The van der Waals surface area contributed by atoms with Gasteiger partial charge < -0.3 is 15.5 Å². The molecule has 0 radical (unpaired) electrons. The standard InChI is InChI=1S/C11H23N3O2S/c1-10(7-12)8-17(16)9-11(15)14-5-3-13(2)4-6-14/h10H,3-9,12H2,1-2H3. The summed E-state index contributed by atoms with van der Waals surface area (Å²) in [5.41, 5.74) is 5.47. The van der Waals surface area contributed by atoms with E-state index in [1.54, 1.807) is 0 Å². The van der Waals surface area contributed by atoms with Crippen LogP contribution in [0.3, 0.4) is 0 Å². The van der Waals surface area contributed by atoms with E-state index in [1.807, 2.05) is 18.9 Å². The second-order valence-corrected chi connectivity index (χ2v) is 6.28. The highest BCUT2D eigenvalue weighted by Crippen LogP contribution is 2.02. The van der Waals surface area contributed by atoms with Gasteiger partial charge in [-0.2, -0.15) is 0 Å². The molecule has 1 fully saturated rings. The lowest BCUT2D eigenvalue weighted by molar-refractivity contribution is -0.129. The second-order valence-electron chi connectivity index (χ2n) is 4.78. The molecule has 0 aromatic heterocycles. The number of rotatable bonds is 5. The lowest BCUT2D eigenvalue weighted by Gasteiger charge is -2.32. The van der Waals surface area contributed by atoms with Gasteiger partial charge in [0.25, 0.3) is 0 Å². The van der Waals surface area contributed by atoms with Gasteiger partial charge in [0.1, 0.15) is 5.75 Å². The molecular formula is C11H23N3O2S. The van der Waals surface area contributed by atoms with Crippen molar-refractivity contribution in [1.29, 1.82) is 0 Å². The number of likely N-dealkylation sites (N-methyl/N-ethyl adjacent to an activating group) is 1. The van der Waals surface area contributed by atoms with Gasteiger partial charge in [-0.25, -0.2) is 0 Å². The quantitative estimate of drug-likeness (QED) is 0.697. The van der Waals surface area contributed by atoms with Crippen LogP contribution in [0.4, 0.5) is 0 Å². The van der Waals surface area contributed by atoms with Crippen molar-refractivity contribution in [3.05, 3.63) is 0 Å². The molecule has 1 heterocycles. The Balaban J connectivity index is 2.31. The summed E-state index contributed by atoms with van der Waals surface area (Å²) in [5, 5.41) is 0. The Hall–Kier alpha value is -0.460. The topological polar surface area (TPSA) is 66.6 Å². The summed E-state index contributed by atoms with van der Waals surface area (Å²) in [4.78, 5) is 15.9. The normalized spacial score (nSPS) is 21.2. The van der Waals surface area contributed by atoms with E-state index in [-0.39, 0.29) is 17.6 Å². The van der Waals surface area contributed by atoms with Crippen molar-refractivity contribution in [3.8, 4) is 0 Å². The first-order valence-electron chi connectivity index (χ1n) is 6.04. The molecule has 100 valence electrons. The zero-order valence-corrected chi connectivity index (χ0v) is 11.5. The average Bonchev–Trinajstić information content (AvgIpc) is 2.29. The molecule has 0 bridgehead atoms. The van der Waals surface area contributed by atoms with Crippen LogP contribution in [-0.2, 0) is 15.6 Å². The molecule has 17 heavy (non-hydrogen) atoms. The molecule has 1 rings (SSSR count). The minimum atomic E-state index is -1.08. The number of piperazine rings is 1. The van der Waals surface area contributed by atoms with Crippen LogP contribution >= 0.6 is 0 Å². The summed E-state index contributed by atoms with van der Waals surface area (Å²) in [6, 6.07) is 0. The molecular weight excluding hydrogens is 238 g/mol. The zero-order chi connectivity index (χ0) is 12.8. The molecule has 1 amide bonds. The van der Waals surface area contributed by atoms with Crippen molar-refractivity contribution < 1.29 is 9.00 Å². The number of nitrogens with zero attached hydrogens (tertiary/aromatic N) is 2. The van der Waals surface area contributed by atoms with E-state index in [0.717, 1.165) is 26.2 Å². The van der Waals surface area contributed by atoms with Gasteiger partial charge in [-0.3, -0.25) is 9.00 Å². The fourth-order valence-corrected chi connectivity index (χ4v) is 3.08. The van der Waals surface area contributed by atoms with E-state index in [4.69, 9.17) is 5.73 Å². The van der Waals surface area contributed by atoms with Crippen molar-refractivity contribution >= 4 is 16.7 Å². The third-order valence-electron chi connectivity index (χ3n) is 3.01. The maximum absolute atomic E-state index is 11.9. The van der Waals surface area contributed by atoms with Crippen molar-refractivity contribution in [2.45, 2.75) is 6.92 Å². The first-order chi connectivity index (χ1) is 8.02. The van der Waals surface area contributed by atoms with Crippen LogP contribution in [0.1, 0.15) is 6.92 Å². The number of carbonyl (C=O) groups is 1. The Bertz CT molecular complexity index is 278. The first kappa shape index (κ1) is 14.6. The van der Waals surface area contributed by atoms with Crippen molar-refractivity contribution in [2.24, 2.45) is 11.7 Å². The maximum atomic E-state index is 11.9. The Morgan fingerprint density at radius 2 is 1.94 bits per heavy atom. The van der Waals surface area contributed by atoms with Gasteiger partial charge in [-0.1, -0.05) is 6.92 Å². The predicted octanol–water partition coefficient (Wildman–Crippen LogP) is -0.896. The van der Waals surface area contributed by atoms with E-state index in [1.165, 1.54) is 0 Å². The highest BCUT2D eigenvalue weighted by Gasteiger charge is 2.21. The molecule has 1 saturated heterocycles. The lowest BCUT2D eigenvalue weighted by Crippen LogP contribution is -2.48. The van der Waals surface area contributed by atoms with Gasteiger partial charge in [0.2, 0.25) is 5.91 Å². The van der Waals surface area contributed by atoms with Crippen LogP contribution in [0.25, 0.3) is 0 Å². The van der Waals surface area contributed by atoms with Gasteiger partial charge in [-0.05, 0) is 19.5 Å². The SMILES string of the molecule is CC(CN)CS(=O)CC(=O)N1CCN(C)CC1. The number of hydrogen-bond donors (Lipinski definition) is 1. The van der Waals surface area contributed by atoms with E-state index >= 15 is 0 Å². The summed E-state index contributed by atoms with van der Waals surface area (Å²) >= 11 is 0. The molecule has 2 unspecified atom stereocenters. The molecule has 5 nitrogen and oxygen atoms in total. The molecule has 0 saturated carbocycles. The summed E-state index contributed by atoms with van der Waals surface area (Å²) in [6.07, 6.45) is 0. The molecule has 0 aromatic rings. The minimum absolute atomic E-state index is 0.0145. The third-order valence-corrected chi connectivity index (χ3v) is 4.52. The number of nitrogens with two attached hydrogens (primary N) is 1. The fraction of sp³-hybridized carbons (Fsp3) is 0.909. The van der Waals surface area contributed by atoms with Gasteiger partial charge in [0, 0.05) is 42.7 Å². The van der Waals surface area contributed by atoms with Gasteiger partial charge in [0.15, 0.2) is 0 Å². The molecule has 2 N–H and O–H groups in total. The average molecular weight is 261 g/mol. The molecule has 2 atom stereocenters. The minimum Gasteiger partial charge on any atom is -0.339 e. The van der Waals surface area contributed by atoms with Crippen LogP contribution < -0.4 is 5.73 Å². The highest BCUT2D eigenvalue weighted by atomic mass is 32.2. The van der Waals surface area contributed by atoms with Gasteiger partial charge in [-0.15, -0.1) is 0 Å². The van der Waals surface area contributed by atoms with Crippen molar-refractivity contribution in [2.75, 3.05) is 51.3 Å². The number of hydrogen-bond acceptors (Lipinski definition) is 4. The van der Waals surface area contributed by atoms with Crippen LogP contribution in [0.5, 0.6) is 0 Å². The third kappa shape index (κ3) is 5.14. The zero-order valence-electron chi connectivity index (χ0n) is 10.7. The second kappa shape index (κ2) is 7.08. The Kier molecular flexibility index (Phi) is 6.08. The summed E-state index contributed by atoms with van der Waals surface area (Å²) in [5.74, 6) is 0.904. The van der Waals surface area contributed by atoms with Gasteiger partial charge in [0.05, 0.1) is 0 Å². The van der Waals surface area contributed by atoms with Crippen molar-refractivity contribution in [1.82, 2.24) is 9.80 Å². The summed E-state index contributed by atoms with van der Waals surface area (Å²) < 4.78 is 11.7. The van der Waals surface area contributed by atoms with Crippen LogP contribution in [0.2, 0.25) is 0 Å². The molecule has 0 aliphatic carbocycles. The monoisotopic (exact) mass is 261 g/mol. The predicted molar refractivity (Wildman–Crippen MR) is 70.2 cm³/mol. The molecule has 1 aliphatic rings. The van der Waals surface area contributed by atoms with E-state index in [0.29, 0.717) is 12.3 Å². The smallest absolute Gasteiger partial charge is 0.235 e. The van der Waals surface area contributed by atoms with Crippen LogP contribution in [0.15, 0.2) is 0 Å². The largest absolute Gasteiger partial charge is 0.339 e. The Labute approximate surface area is 106 Å². The molecule has 0 spiro atoms. The number of amides is 1. The summed E-state index contributed by atoms with van der Waals surface area (Å²) in [6.45, 7) is 5.78. The van der Waals surface area contributed by atoms with E-state index in [9.17, 15) is 9.00 Å². The van der Waals surface area contributed by atoms with E-state index < -0.39 is 10.8 Å². The highest BCUT2D eigenvalue weighted by molar-refractivity contribution is 7.85. The van der Waals surface area contributed by atoms with Crippen LogP contribution in [-0.4, -0.2) is 71.2 Å². The lowest BCUT2D eigenvalue weighted by atomic mass is 10.2. The fourth-order valence-electron chi connectivity index (χ4n) is 1.73. The molecule has 6 heteroatoms. The summed E-state index contributed by atoms with van der Waals surface area (Å²) in [7, 11) is 0.969.